The van der Waals surface area contributed by atoms with E-state index in [2.05, 4.69) is 33.0 Å². The normalized spacial score (nSPS) is 11.3. The van der Waals surface area contributed by atoms with E-state index >= 15 is 0 Å². The fourth-order valence-corrected chi connectivity index (χ4v) is 2.99. The summed E-state index contributed by atoms with van der Waals surface area (Å²) in [5.74, 6) is 0.542. The lowest BCUT2D eigenvalue weighted by atomic mass is 10.1. The SMILES string of the molecule is CCCNCc1sc(CCC)nc1C(C)C. The van der Waals surface area contributed by atoms with Gasteiger partial charge in [0.1, 0.15) is 0 Å². The summed E-state index contributed by atoms with van der Waals surface area (Å²) in [6.45, 7) is 11.0. The van der Waals surface area contributed by atoms with Gasteiger partial charge in [0.15, 0.2) is 0 Å². The van der Waals surface area contributed by atoms with Crippen LogP contribution in [-0.2, 0) is 13.0 Å². The van der Waals surface area contributed by atoms with E-state index in [1.807, 2.05) is 11.3 Å². The Hall–Kier alpha value is -0.410. The number of hydrogen-bond acceptors (Lipinski definition) is 3. The summed E-state index contributed by atoms with van der Waals surface area (Å²) in [7, 11) is 0. The molecule has 1 aromatic rings. The van der Waals surface area contributed by atoms with Gasteiger partial charge in [-0.25, -0.2) is 4.98 Å². The second kappa shape index (κ2) is 7.02. The number of aromatic nitrogens is 1. The molecule has 1 aromatic heterocycles. The van der Waals surface area contributed by atoms with Gasteiger partial charge in [-0.1, -0.05) is 27.7 Å². The van der Waals surface area contributed by atoms with E-state index in [1.165, 1.54) is 28.4 Å². The number of thiazole rings is 1. The molecule has 0 aliphatic heterocycles. The van der Waals surface area contributed by atoms with Gasteiger partial charge in [0, 0.05) is 11.4 Å². The summed E-state index contributed by atoms with van der Waals surface area (Å²) in [5.41, 5.74) is 1.30. The van der Waals surface area contributed by atoms with Gasteiger partial charge in [-0.05, 0) is 31.7 Å². The molecule has 0 spiro atoms. The Balaban J connectivity index is 2.70. The predicted octanol–water partition coefficient (Wildman–Crippen LogP) is 3.72. The van der Waals surface area contributed by atoms with Gasteiger partial charge in [-0.15, -0.1) is 11.3 Å². The molecule has 1 heterocycles. The maximum absolute atomic E-state index is 4.76. The van der Waals surface area contributed by atoms with Crippen molar-refractivity contribution < 1.29 is 0 Å². The first-order valence-corrected chi connectivity index (χ1v) is 7.19. The van der Waals surface area contributed by atoms with Crippen molar-refractivity contribution >= 4 is 11.3 Å². The van der Waals surface area contributed by atoms with Crippen LogP contribution in [0.5, 0.6) is 0 Å². The van der Waals surface area contributed by atoms with Crippen LogP contribution in [0.4, 0.5) is 0 Å². The highest BCUT2D eigenvalue weighted by molar-refractivity contribution is 7.11. The Morgan fingerprint density at radius 2 is 2.00 bits per heavy atom. The van der Waals surface area contributed by atoms with Crippen LogP contribution in [0.15, 0.2) is 0 Å². The monoisotopic (exact) mass is 240 g/mol. The average molecular weight is 240 g/mol. The summed E-state index contributed by atoms with van der Waals surface area (Å²) in [6.07, 6.45) is 3.50. The van der Waals surface area contributed by atoms with Gasteiger partial charge in [0.05, 0.1) is 10.7 Å². The van der Waals surface area contributed by atoms with E-state index in [0.29, 0.717) is 5.92 Å². The zero-order chi connectivity index (χ0) is 12.0. The fourth-order valence-electron chi connectivity index (χ4n) is 1.69. The van der Waals surface area contributed by atoms with Crippen molar-refractivity contribution in [1.82, 2.24) is 10.3 Å². The maximum Gasteiger partial charge on any atom is 0.0931 e. The number of aryl methyl sites for hydroxylation is 1. The van der Waals surface area contributed by atoms with E-state index in [1.54, 1.807) is 0 Å². The van der Waals surface area contributed by atoms with E-state index in [0.717, 1.165) is 19.5 Å². The van der Waals surface area contributed by atoms with Crippen LogP contribution in [0.25, 0.3) is 0 Å². The van der Waals surface area contributed by atoms with E-state index in [4.69, 9.17) is 4.98 Å². The third-order valence-electron chi connectivity index (χ3n) is 2.49. The Bertz CT molecular complexity index is 305. The minimum absolute atomic E-state index is 0.542. The van der Waals surface area contributed by atoms with Crippen LogP contribution in [0.3, 0.4) is 0 Å². The zero-order valence-corrected chi connectivity index (χ0v) is 11.8. The number of nitrogens with one attached hydrogen (secondary N) is 1. The highest BCUT2D eigenvalue weighted by atomic mass is 32.1. The Morgan fingerprint density at radius 3 is 2.56 bits per heavy atom. The highest BCUT2D eigenvalue weighted by Gasteiger charge is 2.13. The zero-order valence-electron chi connectivity index (χ0n) is 11.0. The molecular weight excluding hydrogens is 216 g/mol. The standard InChI is InChI=1S/C13H24N2S/c1-5-7-12-15-13(10(3)4)11(16-12)9-14-8-6-2/h10,14H,5-9H2,1-4H3. The van der Waals surface area contributed by atoms with Crippen molar-refractivity contribution in [3.8, 4) is 0 Å². The minimum atomic E-state index is 0.542. The predicted molar refractivity (Wildman–Crippen MR) is 72.2 cm³/mol. The quantitative estimate of drug-likeness (QED) is 0.735. The molecule has 92 valence electrons. The van der Waals surface area contributed by atoms with Gasteiger partial charge < -0.3 is 5.32 Å². The Labute approximate surface area is 103 Å². The molecule has 0 saturated heterocycles. The van der Waals surface area contributed by atoms with E-state index < -0.39 is 0 Å². The largest absolute Gasteiger partial charge is 0.312 e. The van der Waals surface area contributed by atoms with Crippen molar-refractivity contribution in [1.29, 1.82) is 0 Å². The van der Waals surface area contributed by atoms with Crippen molar-refractivity contribution in [2.24, 2.45) is 0 Å². The molecule has 0 unspecified atom stereocenters. The molecule has 0 fully saturated rings. The third kappa shape index (κ3) is 3.87. The summed E-state index contributed by atoms with van der Waals surface area (Å²) in [5, 5.41) is 4.78. The van der Waals surface area contributed by atoms with Gasteiger partial charge in [0.2, 0.25) is 0 Å². The first-order valence-electron chi connectivity index (χ1n) is 6.38. The lowest BCUT2D eigenvalue weighted by Gasteiger charge is -2.05. The first kappa shape index (κ1) is 13.7. The van der Waals surface area contributed by atoms with Crippen molar-refractivity contribution in [2.45, 2.75) is 59.4 Å². The summed E-state index contributed by atoms with van der Waals surface area (Å²) in [4.78, 5) is 6.19. The van der Waals surface area contributed by atoms with Gasteiger partial charge in [0.25, 0.3) is 0 Å². The molecule has 1 N–H and O–H groups in total. The number of nitrogens with zero attached hydrogens (tertiary/aromatic N) is 1. The molecule has 16 heavy (non-hydrogen) atoms. The van der Waals surface area contributed by atoms with Crippen LogP contribution >= 0.6 is 11.3 Å². The Morgan fingerprint density at radius 1 is 1.25 bits per heavy atom. The molecule has 1 rings (SSSR count). The first-order chi connectivity index (χ1) is 7.69. The lowest BCUT2D eigenvalue weighted by molar-refractivity contribution is 0.670. The van der Waals surface area contributed by atoms with Crippen LogP contribution in [0.2, 0.25) is 0 Å². The molecule has 2 nitrogen and oxygen atoms in total. The molecule has 0 atom stereocenters. The van der Waals surface area contributed by atoms with Crippen LogP contribution in [0.1, 0.15) is 62.0 Å². The number of rotatable bonds is 7. The van der Waals surface area contributed by atoms with Gasteiger partial charge >= 0.3 is 0 Å². The molecule has 0 aliphatic rings. The molecule has 0 aromatic carbocycles. The molecule has 0 saturated carbocycles. The molecule has 0 radical (unpaired) electrons. The molecule has 0 aliphatic carbocycles. The topological polar surface area (TPSA) is 24.9 Å². The Kier molecular flexibility index (Phi) is 5.99. The second-order valence-electron chi connectivity index (χ2n) is 4.50. The smallest absolute Gasteiger partial charge is 0.0931 e. The second-order valence-corrected chi connectivity index (χ2v) is 5.67. The number of hydrogen-bond donors (Lipinski definition) is 1. The highest BCUT2D eigenvalue weighted by Crippen LogP contribution is 2.25. The third-order valence-corrected chi connectivity index (χ3v) is 3.63. The fraction of sp³-hybridized carbons (Fsp3) is 0.769. The molecular formula is C13H24N2S. The molecule has 0 bridgehead atoms. The minimum Gasteiger partial charge on any atom is -0.312 e. The summed E-state index contributed by atoms with van der Waals surface area (Å²) < 4.78 is 0. The van der Waals surface area contributed by atoms with Crippen LogP contribution < -0.4 is 5.32 Å². The summed E-state index contributed by atoms with van der Waals surface area (Å²) in [6, 6.07) is 0. The molecule has 0 amide bonds. The van der Waals surface area contributed by atoms with Crippen molar-refractivity contribution in [3.63, 3.8) is 0 Å². The summed E-state index contributed by atoms with van der Waals surface area (Å²) >= 11 is 1.89. The average Bonchev–Trinajstić information content (AvgIpc) is 2.62. The van der Waals surface area contributed by atoms with E-state index in [9.17, 15) is 0 Å². The lowest BCUT2D eigenvalue weighted by Crippen LogP contribution is -2.14. The van der Waals surface area contributed by atoms with Gasteiger partial charge in [-0.3, -0.25) is 0 Å². The van der Waals surface area contributed by atoms with Crippen LogP contribution in [-0.4, -0.2) is 11.5 Å². The van der Waals surface area contributed by atoms with E-state index in [-0.39, 0.29) is 0 Å². The maximum atomic E-state index is 4.76. The van der Waals surface area contributed by atoms with Crippen molar-refractivity contribution in [2.75, 3.05) is 6.54 Å². The van der Waals surface area contributed by atoms with Gasteiger partial charge in [-0.2, -0.15) is 0 Å². The van der Waals surface area contributed by atoms with Crippen LogP contribution in [0, 0.1) is 0 Å². The van der Waals surface area contributed by atoms with Crippen molar-refractivity contribution in [3.05, 3.63) is 15.6 Å². The molecule has 3 heteroatoms.